The van der Waals surface area contributed by atoms with E-state index >= 15 is 0 Å². The number of anilines is 2. The van der Waals surface area contributed by atoms with Gasteiger partial charge in [-0.2, -0.15) is 0 Å². The van der Waals surface area contributed by atoms with Crippen LogP contribution in [0, 0.1) is 0 Å². The number of halogens is 1. The highest BCUT2D eigenvalue weighted by Gasteiger charge is 2.28. The third kappa shape index (κ3) is 2.93. The number of carbonyl (C=O) groups is 1. The Morgan fingerprint density at radius 1 is 1.47 bits per heavy atom. The Balaban J connectivity index is 2.26. The number of nitrogens with zero attached hydrogens (tertiary/aromatic N) is 1. The first-order valence-corrected chi connectivity index (χ1v) is 7.58. The number of nitrogens with one attached hydrogen (secondary N) is 1. The molecule has 2 rings (SSSR count). The molecule has 0 radical (unpaired) electrons. The molecule has 1 saturated heterocycles. The second-order valence-corrected chi connectivity index (χ2v) is 6.44. The standard InChI is InChI=1S/C11H13ClN2O4S/c1-18-11(15)13-10-4-3-8(7-9(10)12)14-5-2-6-19(14,16)17/h3-4,7H,2,5-6H2,1H3,(H,13,15). The minimum absolute atomic E-state index is 0.146. The van der Waals surface area contributed by atoms with Crippen molar-refractivity contribution < 1.29 is 17.9 Å². The maximum atomic E-state index is 11.8. The van der Waals surface area contributed by atoms with Crippen molar-refractivity contribution in [3.8, 4) is 0 Å². The minimum Gasteiger partial charge on any atom is -0.453 e. The van der Waals surface area contributed by atoms with Crippen LogP contribution in [-0.2, 0) is 14.8 Å². The molecule has 8 heteroatoms. The van der Waals surface area contributed by atoms with Gasteiger partial charge in [0.05, 0.1) is 29.3 Å². The Labute approximate surface area is 116 Å². The predicted octanol–water partition coefficient (Wildman–Crippen LogP) is 2.06. The molecule has 0 atom stereocenters. The lowest BCUT2D eigenvalue weighted by molar-refractivity contribution is 0.187. The summed E-state index contributed by atoms with van der Waals surface area (Å²) in [6.45, 7) is 0.447. The molecule has 6 nitrogen and oxygen atoms in total. The van der Waals surface area contributed by atoms with E-state index in [4.69, 9.17) is 11.6 Å². The van der Waals surface area contributed by atoms with Crippen LogP contribution in [0.4, 0.5) is 16.2 Å². The van der Waals surface area contributed by atoms with Crippen LogP contribution in [0.15, 0.2) is 18.2 Å². The molecule has 0 spiro atoms. The van der Waals surface area contributed by atoms with Crippen molar-refractivity contribution in [3.63, 3.8) is 0 Å². The summed E-state index contributed by atoms with van der Waals surface area (Å²) in [7, 11) is -1.99. The van der Waals surface area contributed by atoms with Gasteiger partial charge in [0.15, 0.2) is 0 Å². The summed E-state index contributed by atoms with van der Waals surface area (Å²) in [5.74, 6) is 0.146. The van der Waals surface area contributed by atoms with Crippen LogP contribution in [-0.4, -0.2) is 33.9 Å². The van der Waals surface area contributed by atoms with E-state index in [2.05, 4.69) is 10.1 Å². The lowest BCUT2D eigenvalue weighted by atomic mass is 10.2. The van der Waals surface area contributed by atoms with Gasteiger partial charge in [0.25, 0.3) is 0 Å². The molecule has 0 aromatic heterocycles. The van der Waals surface area contributed by atoms with Gasteiger partial charge in [0, 0.05) is 6.54 Å². The van der Waals surface area contributed by atoms with Gasteiger partial charge in [-0.25, -0.2) is 13.2 Å². The van der Waals surface area contributed by atoms with Crippen molar-refractivity contribution in [1.82, 2.24) is 0 Å². The molecule has 1 aliphatic rings. The quantitative estimate of drug-likeness (QED) is 0.907. The Kier molecular flexibility index (Phi) is 3.86. The van der Waals surface area contributed by atoms with Gasteiger partial charge in [0.1, 0.15) is 0 Å². The highest BCUT2D eigenvalue weighted by Crippen LogP contribution is 2.31. The number of ether oxygens (including phenoxy) is 1. The lowest BCUT2D eigenvalue weighted by Crippen LogP contribution is -2.25. The molecule has 0 unspecified atom stereocenters. The Morgan fingerprint density at radius 2 is 2.21 bits per heavy atom. The van der Waals surface area contributed by atoms with Crippen molar-refractivity contribution in [2.45, 2.75) is 6.42 Å². The molecule has 1 aromatic rings. The predicted molar refractivity (Wildman–Crippen MR) is 73.2 cm³/mol. The molecule has 19 heavy (non-hydrogen) atoms. The molecule has 104 valence electrons. The number of hydrogen-bond acceptors (Lipinski definition) is 4. The summed E-state index contributed by atoms with van der Waals surface area (Å²) < 4.78 is 29.3. The van der Waals surface area contributed by atoms with E-state index in [9.17, 15) is 13.2 Å². The van der Waals surface area contributed by atoms with Gasteiger partial charge in [-0.1, -0.05) is 11.6 Å². The molecule has 0 saturated carbocycles. The van der Waals surface area contributed by atoms with E-state index in [1.807, 2.05) is 0 Å². The summed E-state index contributed by atoms with van der Waals surface area (Å²) in [6.07, 6.45) is -0.0364. The van der Waals surface area contributed by atoms with Crippen LogP contribution in [0.1, 0.15) is 6.42 Å². The van der Waals surface area contributed by atoms with Crippen molar-refractivity contribution in [1.29, 1.82) is 0 Å². The van der Waals surface area contributed by atoms with Crippen LogP contribution in [0.3, 0.4) is 0 Å². The number of methoxy groups -OCH3 is 1. The summed E-state index contributed by atoms with van der Waals surface area (Å²) in [5, 5.41) is 2.69. The van der Waals surface area contributed by atoms with Crippen molar-refractivity contribution in [2.75, 3.05) is 29.0 Å². The fourth-order valence-electron chi connectivity index (χ4n) is 1.85. The molecular formula is C11H13ClN2O4S. The van der Waals surface area contributed by atoms with Gasteiger partial charge in [-0.15, -0.1) is 0 Å². The molecule has 0 aliphatic carbocycles. The third-order valence-electron chi connectivity index (χ3n) is 2.76. The van der Waals surface area contributed by atoms with Crippen LogP contribution in [0.5, 0.6) is 0 Å². The third-order valence-corrected chi connectivity index (χ3v) is 4.94. The molecule has 1 fully saturated rings. The average molecular weight is 305 g/mol. The number of amides is 1. The summed E-state index contributed by atoms with van der Waals surface area (Å²) in [6, 6.07) is 4.65. The first-order valence-electron chi connectivity index (χ1n) is 5.59. The van der Waals surface area contributed by atoms with Crippen LogP contribution >= 0.6 is 11.6 Å². The van der Waals surface area contributed by atoms with Crippen molar-refractivity contribution >= 4 is 39.1 Å². The molecule has 1 amide bonds. The first kappa shape index (κ1) is 14.0. The van der Waals surface area contributed by atoms with Crippen LogP contribution < -0.4 is 9.62 Å². The zero-order chi connectivity index (χ0) is 14.0. The van der Waals surface area contributed by atoms with Gasteiger partial charge in [-0.3, -0.25) is 9.62 Å². The maximum Gasteiger partial charge on any atom is 0.411 e. The molecule has 0 bridgehead atoms. The fraction of sp³-hybridized carbons (Fsp3) is 0.364. The lowest BCUT2D eigenvalue weighted by Gasteiger charge is -2.18. The van der Waals surface area contributed by atoms with E-state index in [0.29, 0.717) is 24.3 Å². The SMILES string of the molecule is COC(=O)Nc1ccc(N2CCCS2(=O)=O)cc1Cl. The molecule has 1 N–H and O–H groups in total. The highest BCUT2D eigenvalue weighted by molar-refractivity contribution is 7.93. The molecular weight excluding hydrogens is 292 g/mol. The average Bonchev–Trinajstić information content (AvgIpc) is 2.71. The molecule has 1 aliphatic heterocycles. The second kappa shape index (κ2) is 5.26. The monoisotopic (exact) mass is 304 g/mol. The zero-order valence-corrected chi connectivity index (χ0v) is 11.8. The zero-order valence-electron chi connectivity index (χ0n) is 10.2. The Bertz CT molecular complexity index is 603. The number of benzene rings is 1. The first-order chi connectivity index (χ1) is 8.94. The number of sulfonamides is 1. The maximum absolute atomic E-state index is 11.8. The molecule has 1 aromatic carbocycles. The van der Waals surface area contributed by atoms with E-state index in [0.717, 1.165) is 0 Å². The summed E-state index contributed by atoms with van der Waals surface area (Å²) in [4.78, 5) is 11.1. The normalized spacial score (nSPS) is 17.3. The van der Waals surface area contributed by atoms with Gasteiger partial charge in [0.2, 0.25) is 10.0 Å². The number of carbonyl (C=O) groups excluding carboxylic acids is 1. The topological polar surface area (TPSA) is 75.7 Å². The number of hydrogen-bond donors (Lipinski definition) is 1. The number of rotatable bonds is 2. The van der Waals surface area contributed by atoms with E-state index < -0.39 is 16.1 Å². The fourth-order valence-corrected chi connectivity index (χ4v) is 3.63. The van der Waals surface area contributed by atoms with Crippen molar-refractivity contribution in [3.05, 3.63) is 23.2 Å². The molecule has 1 heterocycles. The van der Waals surface area contributed by atoms with Crippen molar-refractivity contribution in [2.24, 2.45) is 0 Å². The van der Waals surface area contributed by atoms with E-state index in [1.54, 1.807) is 12.1 Å². The minimum atomic E-state index is -3.23. The van der Waals surface area contributed by atoms with E-state index in [-0.39, 0.29) is 10.8 Å². The highest BCUT2D eigenvalue weighted by atomic mass is 35.5. The summed E-state index contributed by atoms with van der Waals surface area (Å²) in [5.41, 5.74) is 0.867. The van der Waals surface area contributed by atoms with Crippen LogP contribution in [0.25, 0.3) is 0 Å². The largest absolute Gasteiger partial charge is 0.453 e. The van der Waals surface area contributed by atoms with Gasteiger partial charge >= 0.3 is 6.09 Å². The Morgan fingerprint density at radius 3 is 2.74 bits per heavy atom. The van der Waals surface area contributed by atoms with Crippen LogP contribution in [0.2, 0.25) is 5.02 Å². The van der Waals surface area contributed by atoms with E-state index in [1.165, 1.54) is 17.5 Å². The second-order valence-electron chi connectivity index (χ2n) is 4.02. The smallest absolute Gasteiger partial charge is 0.411 e. The summed E-state index contributed by atoms with van der Waals surface area (Å²) >= 11 is 6.01. The van der Waals surface area contributed by atoms with Gasteiger partial charge < -0.3 is 4.74 Å². The Hall–Kier alpha value is -1.47. The van der Waals surface area contributed by atoms with Gasteiger partial charge in [-0.05, 0) is 24.6 Å².